The minimum atomic E-state index is -1.06. The summed E-state index contributed by atoms with van der Waals surface area (Å²) in [6.45, 7) is -0.222. The van der Waals surface area contributed by atoms with E-state index in [1.54, 1.807) is 0 Å². The molecule has 9 nitrogen and oxygen atoms in total. The first kappa shape index (κ1) is 16.8. The normalized spacial score (nSPS) is 26.5. The third-order valence-corrected chi connectivity index (χ3v) is 4.33. The van der Waals surface area contributed by atoms with Crippen LogP contribution < -0.4 is 11.1 Å². The van der Waals surface area contributed by atoms with Gasteiger partial charge in [-0.05, 0) is 6.42 Å². The van der Waals surface area contributed by atoms with Crippen LogP contribution in [0.25, 0.3) is 11.3 Å². The van der Waals surface area contributed by atoms with Crippen molar-refractivity contribution in [1.82, 2.24) is 19.9 Å². The van der Waals surface area contributed by atoms with Crippen molar-refractivity contribution in [1.29, 1.82) is 0 Å². The molecule has 0 radical (unpaired) electrons. The number of nitrogens with one attached hydrogen (secondary N) is 1. The Morgan fingerprint density at radius 2 is 2.04 bits per heavy atom. The molecule has 6 N–H and O–H groups in total. The van der Waals surface area contributed by atoms with E-state index in [1.807, 2.05) is 0 Å². The molecule has 1 saturated carbocycles. The maximum Gasteiger partial charge on any atom is 0.223 e. The van der Waals surface area contributed by atoms with E-state index >= 15 is 0 Å². The van der Waals surface area contributed by atoms with Crippen LogP contribution in [-0.4, -0.2) is 60.1 Å². The van der Waals surface area contributed by atoms with Gasteiger partial charge in [0.25, 0.3) is 0 Å². The lowest BCUT2D eigenvalue weighted by Crippen LogP contribution is -2.35. The van der Waals surface area contributed by atoms with Crippen molar-refractivity contribution in [3.8, 4) is 11.3 Å². The fourth-order valence-electron chi connectivity index (χ4n) is 2.83. The first-order chi connectivity index (χ1) is 11.5. The topological polar surface area (TPSA) is 150 Å². The third kappa shape index (κ3) is 3.11. The van der Waals surface area contributed by atoms with Crippen molar-refractivity contribution < 1.29 is 15.3 Å². The van der Waals surface area contributed by atoms with Crippen molar-refractivity contribution in [3.63, 3.8) is 0 Å². The number of hydrogen-bond donors (Lipinski definition) is 5. The number of aliphatic hydroxyl groups is 3. The lowest BCUT2D eigenvalue weighted by molar-refractivity contribution is 0.00446. The van der Waals surface area contributed by atoms with Crippen molar-refractivity contribution in [2.45, 2.75) is 24.7 Å². The van der Waals surface area contributed by atoms with Gasteiger partial charge in [0.05, 0.1) is 29.6 Å². The smallest absolute Gasteiger partial charge is 0.223 e. The summed E-state index contributed by atoms with van der Waals surface area (Å²) in [5.74, 6) is -0.183. The summed E-state index contributed by atoms with van der Waals surface area (Å²) in [6, 6.07) is -0.530. The van der Waals surface area contributed by atoms with Crippen LogP contribution in [0.1, 0.15) is 6.42 Å². The molecule has 1 fully saturated rings. The number of nitrogen functional groups attached to an aromatic ring is 1. The van der Waals surface area contributed by atoms with Crippen molar-refractivity contribution in [2.24, 2.45) is 5.92 Å². The molecule has 1 aliphatic carbocycles. The highest BCUT2D eigenvalue weighted by molar-refractivity contribution is 6.32. The highest BCUT2D eigenvalue weighted by Crippen LogP contribution is 2.35. The molecular formula is C14H17ClN6O3. The predicted octanol–water partition coefficient (Wildman–Crippen LogP) is -0.316. The zero-order valence-electron chi connectivity index (χ0n) is 12.5. The molecule has 2 aromatic rings. The number of nitrogens with zero attached hydrogens (tertiary/aromatic N) is 4. The van der Waals surface area contributed by atoms with Gasteiger partial charge < -0.3 is 26.4 Å². The minimum Gasteiger partial charge on any atom is -0.396 e. The van der Waals surface area contributed by atoms with E-state index in [0.717, 1.165) is 0 Å². The molecule has 4 atom stereocenters. The Bertz CT molecular complexity index is 719. The van der Waals surface area contributed by atoms with E-state index in [9.17, 15) is 15.3 Å². The van der Waals surface area contributed by atoms with Gasteiger partial charge in [0.15, 0.2) is 0 Å². The number of rotatable bonds is 4. The van der Waals surface area contributed by atoms with Gasteiger partial charge >= 0.3 is 0 Å². The van der Waals surface area contributed by atoms with Gasteiger partial charge in [0.2, 0.25) is 5.95 Å². The summed E-state index contributed by atoms with van der Waals surface area (Å²) in [6.07, 6.45) is 2.80. The molecule has 128 valence electrons. The summed E-state index contributed by atoms with van der Waals surface area (Å²) >= 11 is 6.18. The van der Waals surface area contributed by atoms with Gasteiger partial charge in [-0.2, -0.15) is 4.98 Å². The van der Waals surface area contributed by atoms with Crippen LogP contribution in [0.3, 0.4) is 0 Å². The number of halogens is 1. The molecule has 24 heavy (non-hydrogen) atoms. The Labute approximate surface area is 142 Å². The number of nitrogens with two attached hydrogens (primary N) is 1. The van der Waals surface area contributed by atoms with Crippen molar-refractivity contribution in [3.05, 3.63) is 23.7 Å². The summed E-state index contributed by atoms with van der Waals surface area (Å²) in [5, 5.41) is 32.5. The molecular weight excluding hydrogens is 336 g/mol. The average molecular weight is 353 g/mol. The molecule has 0 bridgehead atoms. The van der Waals surface area contributed by atoms with Gasteiger partial charge in [0.1, 0.15) is 17.1 Å². The van der Waals surface area contributed by atoms with Crippen LogP contribution >= 0.6 is 11.6 Å². The molecule has 10 heteroatoms. The zero-order chi connectivity index (χ0) is 17.3. The Balaban J connectivity index is 1.96. The number of anilines is 2. The van der Waals surface area contributed by atoms with Gasteiger partial charge in [-0.15, -0.1) is 0 Å². The third-order valence-electron chi connectivity index (χ3n) is 4.06. The predicted molar refractivity (Wildman–Crippen MR) is 87.1 cm³/mol. The molecule has 0 spiro atoms. The second kappa shape index (κ2) is 6.81. The summed E-state index contributed by atoms with van der Waals surface area (Å²) in [7, 11) is 0. The Morgan fingerprint density at radius 1 is 1.25 bits per heavy atom. The SMILES string of the molecule is Nc1nc(Cl)c(-c2cnccn2)c(N[C@@H]2C[C@H](CO)[C@@H](O)[C@H]2O)n1. The summed E-state index contributed by atoms with van der Waals surface area (Å²) < 4.78 is 0. The maximum absolute atomic E-state index is 10.2. The monoisotopic (exact) mass is 352 g/mol. The minimum absolute atomic E-state index is 0.0399. The maximum atomic E-state index is 10.2. The summed E-state index contributed by atoms with van der Waals surface area (Å²) in [5.41, 5.74) is 6.50. The van der Waals surface area contributed by atoms with Crippen LogP contribution in [0.15, 0.2) is 18.6 Å². The Morgan fingerprint density at radius 3 is 2.67 bits per heavy atom. The van der Waals surface area contributed by atoms with Crippen molar-refractivity contribution >= 4 is 23.4 Å². The zero-order valence-corrected chi connectivity index (χ0v) is 13.3. The quantitative estimate of drug-likeness (QED) is 0.466. The van der Waals surface area contributed by atoms with Crippen LogP contribution in [-0.2, 0) is 0 Å². The van der Waals surface area contributed by atoms with Crippen molar-refractivity contribution in [2.75, 3.05) is 17.7 Å². The number of hydrogen-bond acceptors (Lipinski definition) is 9. The van der Waals surface area contributed by atoms with E-state index in [4.69, 9.17) is 17.3 Å². The standard InChI is InChI=1S/C14H17ClN6O3/c15-12-9(8-4-17-1-2-18-8)13(21-14(16)20-12)19-7-3-6(5-22)10(23)11(7)24/h1-2,4,6-7,10-11,22-24H,3,5H2,(H3,16,19,20,21)/t6-,7-,10-,11+/m1/s1. The first-order valence-corrected chi connectivity index (χ1v) is 7.72. The largest absolute Gasteiger partial charge is 0.396 e. The van der Waals surface area contributed by atoms with E-state index in [1.165, 1.54) is 18.6 Å². The highest BCUT2D eigenvalue weighted by atomic mass is 35.5. The molecule has 0 saturated heterocycles. The lowest BCUT2D eigenvalue weighted by Gasteiger charge is -2.20. The Hall–Kier alpha value is -2.07. The molecule has 0 aliphatic heterocycles. The number of aromatic nitrogens is 4. The fraction of sp³-hybridized carbons (Fsp3) is 0.429. The van der Waals surface area contributed by atoms with Gasteiger partial charge in [-0.25, -0.2) is 4.98 Å². The van der Waals surface area contributed by atoms with Crippen LogP contribution in [0.2, 0.25) is 5.15 Å². The molecule has 0 aromatic carbocycles. The lowest BCUT2D eigenvalue weighted by atomic mass is 10.1. The van der Waals surface area contributed by atoms with Gasteiger partial charge in [0, 0.05) is 24.9 Å². The fourth-order valence-corrected chi connectivity index (χ4v) is 3.11. The first-order valence-electron chi connectivity index (χ1n) is 7.34. The average Bonchev–Trinajstić information content (AvgIpc) is 2.83. The highest BCUT2D eigenvalue weighted by Gasteiger charge is 2.41. The van der Waals surface area contributed by atoms with Crippen LogP contribution in [0.5, 0.6) is 0 Å². The second-order valence-electron chi connectivity index (χ2n) is 5.60. The van der Waals surface area contributed by atoms with Gasteiger partial charge in [-0.1, -0.05) is 11.6 Å². The molecule has 3 rings (SSSR count). The van der Waals surface area contributed by atoms with Crippen LogP contribution in [0.4, 0.5) is 11.8 Å². The number of aliphatic hydroxyl groups excluding tert-OH is 3. The van der Waals surface area contributed by atoms with E-state index in [-0.39, 0.29) is 23.5 Å². The molecule has 0 amide bonds. The molecule has 2 heterocycles. The molecule has 2 aromatic heterocycles. The second-order valence-corrected chi connectivity index (χ2v) is 5.96. The Kier molecular flexibility index (Phi) is 4.76. The van der Waals surface area contributed by atoms with E-state index < -0.39 is 24.2 Å². The molecule has 0 unspecified atom stereocenters. The van der Waals surface area contributed by atoms with E-state index in [2.05, 4.69) is 25.3 Å². The summed E-state index contributed by atoms with van der Waals surface area (Å²) in [4.78, 5) is 16.2. The molecule has 1 aliphatic rings. The van der Waals surface area contributed by atoms with E-state index in [0.29, 0.717) is 17.7 Å². The van der Waals surface area contributed by atoms with Crippen LogP contribution in [0, 0.1) is 5.92 Å². The van der Waals surface area contributed by atoms with Gasteiger partial charge in [-0.3, -0.25) is 9.97 Å².